The molecule has 1 heterocycles. The number of nitrogens with zero attached hydrogens (tertiary/aromatic N) is 2. The first kappa shape index (κ1) is 24.5. The molecule has 2 rings (SSSR count). The maximum absolute atomic E-state index is 12.5. The Bertz CT molecular complexity index is 767. The molecule has 0 spiro atoms. The lowest BCUT2D eigenvalue weighted by molar-refractivity contribution is 0.376. The Hall–Kier alpha value is -0.520. The van der Waals surface area contributed by atoms with Gasteiger partial charge in [-0.1, -0.05) is 12.1 Å². The number of aryl methyl sites for hydroxylation is 2. The number of guanidine groups is 1. The number of aliphatic imine (C=N–C) groups is 1. The van der Waals surface area contributed by atoms with E-state index < -0.39 is 10.0 Å². The van der Waals surface area contributed by atoms with Crippen molar-refractivity contribution in [3.63, 3.8) is 0 Å². The second-order valence-electron chi connectivity index (χ2n) is 7.17. The van der Waals surface area contributed by atoms with Crippen LogP contribution in [0.3, 0.4) is 0 Å². The zero-order valence-electron chi connectivity index (χ0n) is 16.7. The summed E-state index contributed by atoms with van der Waals surface area (Å²) in [5.41, 5.74) is 1.68. The van der Waals surface area contributed by atoms with E-state index in [1.54, 1.807) is 13.1 Å². The van der Waals surface area contributed by atoms with Crippen LogP contribution in [0.2, 0.25) is 0 Å². The zero-order valence-corrected chi connectivity index (χ0v) is 20.7. The molecule has 1 fully saturated rings. The van der Waals surface area contributed by atoms with Crippen molar-refractivity contribution in [2.75, 3.05) is 39.0 Å². The Labute approximate surface area is 185 Å². The number of nitrogens with one attached hydrogen (secondary N) is 2. The van der Waals surface area contributed by atoms with E-state index in [-0.39, 0.29) is 28.7 Å². The molecule has 1 saturated heterocycles. The first-order valence-electron chi connectivity index (χ1n) is 8.81. The molecule has 0 radical (unpaired) electrons. The number of benzene rings is 1. The molecule has 27 heavy (non-hydrogen) atoms. The molecule has 0 aliphatic carbocycles. The Morgan fingerprint density at radius 1 is 1.30 bits per heavy atom. The monoisotopic (exact) mass is 526 g/mol. The molecule has 1 aliphatic heterocycles. The molecule has 0 amide bonds. The second kappa shape index (κ2) is 10.3. The first-order valence-corrected chi connectivity index (χ1v) is 11.3. The first-order chi connectivity index (χ1) is 12.1. The van der Waals surface area contributed by atoms with Gasteiger partial charge in [0, 0.05) is 43.7 Å². The zero-order chi connectivity index (χ0) is 19.4. The van der Waals surface area contributed by atoms with Crippen LogP contribution in [0, 0.1) is 13.8 Å². The molecule has 0 unspecified atom stereocenters. The quantitative estimate of drug-likeness (QED) is 0.267. The smallest absolute Gasteiger partial charge is 0.240 e. The van der Waals surface area contributed by atoms with E-state index in [2.05, 4.69) is 33.8 Å². The van der Waals surface area contributed by atoms with Crippen molar-refractivity contribution in [2.24, 2.45) is 4.99 Å². The van der Waals surface area contributed by atoms with Crippen LogP contribution < -0.4 is 10.0 Å². The normalized spacial score (nSPS) is 17.4. The maximum atomic E-state index is 12.5. The summed E-state index contributed by atoms with van der Waals surface area (Å²) in [6, 6.07) is 5.45. The van der Waals surface area contributed by atoms with Gasteiger partial charge in [-0.2, -0.15) is 11.8 Å². The highest BCUT2D eigenvalue weighted by atomic mass is 127. The molecule has 2 N–H and O–H groups in total. The maximum Gasteiger partial charge on any atom is 0.240 e. The van der Waals surface area contributed by atoms with Crippen LogP contribution in [0.25, 0.3) is 0 Å². The molecule has 1 aromatic rings. The summed E-state index contributed by atoms with van der Waals surface area (Å²) >= 11 is 1.97. The van der Waals surface area contributed by atoms with Crippen molar-refractivity contribution in [1.82, 2.24) is 14.9 Å². The molecule has 0 atom stereocenters. The van der Waals surface area contributed by atoms with E-state index in [0.717, 1.165) is 35.9 Å². The lowest BCUT2D eigenvalue weighted by Gasteiger charge is -2.39. The summed E-state index contributed by atoms with van der Waals surface area (Å²) in [5.74, 6) is 1.89. The van der Waals surface area contributed by atoms with Gasteiger partial charge < -0.3 is 10.2 Å². The van der Waals surface area contributed by atoms with Crippen molar-refractivity contribution >= 4 is 51.7 Å². The Balaban J connectivity index is 0.00000364. The minimum absolute atomic E-state index is 0. The number of halogens is 1. The summed E-state index contributed by atoms with van der Waals surface area (Å²) < 4.78 is 27.9. The van der Waals surface area contributed by atoms with Gasteiger partial charge >= 0.3 is 0 Å². The van der Waals surface area contributed by atoms with Gasteiger partial charge in [0.15, 0.2) is 5.96 Å². The summed E-state index contributed by atoms with van der Waals surface area (Å²) in [7, 11) is -1.75. The fourth-order valence-corrected chi connectivity index (χ4v) is 5.43. The highest BCUT2D eigenvalue weighted by molar-refractivity contribution is 14.0. The highest BCUT2D eigenvalue weighted by Crippen LogP contribution is 2.29. The number of hydrogen-bond donors (Lipinski definition) is 2. The third-order valence-electron chi connectivity index (χ3n) is 4.27. The lowest BCUT2D eigenvalue weighted by atomic mass is 10.2. The average molecular weight is 527 g/mol. The Morgan fingerprint density at radius 2 is 2.00 bits per heavy atom. The third-order valence-corrected chi connectivity index (χ3v) is 7.17. The molecular formula is C18H31IN4O2S2. The van der Waals surface area contributed by atoms with E-state index in [1.165, 1.54) is 0 Å². The van der Waals surface area contributed by atoms with Gasteiger partial charge in [-0.3, -0.25) is 4.99 Å². The molecule has 0 bridgehead atoms. The van der Waals surface area contributed by atoms with Crippen LogP contribution in [0.4, 0.5) is 0 Å². The molecule has 9 heteroatoms. The van der Waals surface area contributed by atoms with Gasteiger partial charge in [0.25, 0.3) is 0 Å². The summed E-state index contributed by atoms with van der Waals surface area (Å²) in [6.07, 6.45) is 0. The Kier molecular flexibility index (Phi) is 9.36. The largest absolute Gasteiger partial charge is 0.355 e. The Morgan fingerprint density at radius 3 is 2.63 bits per heavy atom. The number of thioether (sulfide) groups is 1. The van der Waals surface area contributed by atoms with Crippen molar-refractivity contribution in [3.8, 4) is 0 Å². The average Bonchev–Trinajstić information content (AvgIpc) is 2.56. The minimum Gasteiger partial charge on any atom is -0.355 e. The van der Waals surface area contributed by atoms with Gasteiger partial charge in [0.1, 0.15) is 0 Å². The molecule has 0 aromatic heterocycles. The van der Waals surface area contributed by atoms with Crippen LogP contribution in [-0.2, 0) is 10.0 Å². The molecule has 1 aliphatic rings. The summed E-state index contributed by atoms with van der Waals surface area (Å²) in [5, 5.41) is 3.27. The predicted octanol–water partition coefficient (Wildman–Crippen LogP) is 2.60. The van der Waals surface area contributed by atoms with E-state index in [4.69, 9.17) is 0 Å². The van der Waals surface area contributed by atoms with Crippen molar-refractivity contribution in [1.29, 1.82) is 0 Å². The van der Waals surface area contributed by atoms with Gasteiger partial charge in [-0.15, -0.1) is 24.0 Å². The standard InChI is InChI=1S/C18H30N4O2S2.HI/c1-14-6-7-15(2)16(12-14)26(23,24)21-9-8-20-17(19-5)22-10-11-25-18(3,4)13-22;/h6-7,12,21H,8-11,13H2,1-5H3,(H,19,20);1H. The van der Waals surface area contributed by atoms with Gasteiger partial charge in [-0.05, 0) is 44.9 Å². The van der Waals surface area contributed by atoms with E-state index in [0.29, 0.717) is 18.0 Å². The predicted molar refractivity (Wildman–Crippen MR) is 126 cm³/mol. The third kappa shape index (κ3) is 7.10. The second-order valence-corrected chi connectivity index (χ2v) is 10.7. The summed E-state index contributed by atoms with van der Waals surface area (Å²) in [4.78, 5) is 6.92. The topological polar surface area (TPSA) is 73.8 Å². The van der Waals surface area contributed by atoms with Crippen molar-refractivity contribution in [3.05, 3.63) is 29.3 Å². The molecular weight excluding hydrogens is 495 g/mol. The van der Waals surface area contributed by atoms with Crippen molar-refractivity contribution in [2.45, 2.75) is 37.3 Å². The SMILES string of the molecule is CN=C(NCCNS(=O)(=O)c1cc(C)ccc1C)N1CCSC(C)(C)C1.I. The number of rotatable bonds is 5. The van der Waals surface area contributed by atoms with Gasteiger partial charge in [0.2, 0.25) is 10.0 Å². The highest BCUT2D eigenvalue weighted by Gasteiger charge is 2.28. The van der Waals surface area contributed by atoms with E-state index >= 15 is 0 Å². The fraction of sp³-hybridized carbons (Fsp3) is 0.611. The molecule has 154 valence electrons. The van der Waals surface area contributed by atoms with Crippen LogP contribution in [0.5, 0.6) is 0 Å². The van der Waals surface area contributed by atoms with E-state index in [9.17, 15) is 8.42 Å². The summed E-state index contributed by atoms with van der Waals surface area (Å²) in [6.45, 7) is 10.8. The van der Waals surface area contributed by atoms with Crippen LogP contribution >= 0.6 is 35.7 Å². The van der Waals surface area contributed by atoms with Crippen LogP contribution in [-0.4, -0.2) is 63.0 Å². The van der Waals surface area contributed by atoms with Gasteiger partial charge in [0.05, 0.1) is 4.90 Å². The lowest BCUT2D eigenvalue weighted by Crippen LogP contribution is -2.51. The van der Waals surface area contributed by atoms with Gasteiger partial charge in [-0.25, -0.2) is 13.1 Å². The minimum atomic E-state index is -3.51. The molecule has 1 aromatic carbocycles. The van der Waals surface area contributed by atoms with Crippen LogP contribution in [0.1, 0.15) is 25.0 Å². The van der Waals surface area contributed by atoms with Crippen molar-refractivity contribution < 1.29 is 8.42 Å². The fourth-order valence-electron chi connectivity index (χ4n) is 2.96. The van der Waals surface area contributed by atoms with Crippen LogP contribution in [0.15, 0.2) is 28.1 Å². The molecule has 6 nitrogen and oxygen atoms in total. The molecule has 0 saturated carbocycles. The number of hydrogen-bond acceptors (Lipinski definition) is 4. The van der Waals surface area contributed by atoms with E-state index in [1.807, 2.05) is 37.7 Å². The number of sulfonamides is 1.